The van der Waals surface area contributed by atoms with Crippen LogP contribution in [0.3, 0.4) is 0 Å². The van der Waals surface area contributed by atoms with Crippen molar-refractivity contribution in [2.24, 2.45) is 0 Å². The Morgan fingerprint density at radius 3 is 2.53 bits per heavy atom. The van der Waals surface area contributed by atoms with E-state index in [-0.39, 0.29) is 17.1 Å². The van der Waals surface area contributed by atoms with Gasteiger partial charge in [0.2, 0.25) is 0 Å². The lowest BCUT2D eigenvalue weighted by molar-refractivity contribution is 0.449. The lowest BCUT2D eigenvalue weighted by Gasteiger charge is -2.06. The van der Waals surface area contributed by atoms with Crippen LogP contribution >= 0.6 is 15.9 Å². The van der Waals surface area contributed by atoms with Crippen LogP contribution in [0.1, 0.15) is 0 Å². The second-order valence-electron chi connectivity index (χ2n) is 3.15. The van der Waals surface area contributed by atoms with Gasteiger partial charge in [-0.15, -0.1) is 0 Å². The van der Waals surface area contributed by atoms with Gasteiger partial charge in [-0.2, -0.15) is 0 Å². The summed E-state index contributed by atoms with van der Waals surface area (Å²) in [4.78, 5) is 7.61. The maximum absolute atomic E-state index is 13.5. The van der Waals surface area contributed by atoms with Crippen LogP contribution in [-0.2, 0) is 0 Å². The molecule has 0 saturated carbocycles. The fourth-order valence-corrected chi connectivity index (χ4v) is 1.56. The fourth-order valence-electron chi connectivity index (χ4n) is 1.28. The van der Waals surface area contributed by atoms with Crippen LogP contribution in [0.15, 0.2) is 22.9 Å². The van der Waals surface area contributed by atoms with Crippen LogP contribution in [0.5, 0.6) is 0 Å². The second kappa shape index (κ2) is 4.33. The zero-order chi connectivity index (χ0) is 12.6. The number of nitrogen functional groups attached to an aromatic ring is 1. The van der Waals surface area contributed by atoms with E-state index >= 15 is 0 Å². The minimum Gasteiger partial charge on any atom is -0.382 e. The zero-order valence-corrected chi connectivity index (χ0v) is 9.80. The largest absolute Gasteiger partial charge is 0.382 e. The van der Waals surface area contributed by atoms with Crippen molar-refractivity contribution < 1.29 is 13.2 Å². The number of hydrogen-bond donors (Lipinski definition) is 1. The maximum atomic E-state index is 13.5. The Morgan fingerprint density at radius 1 is 1.12 bits per heavy atom. The molecule has 0 aliphatic carbocycles. The van der Waals surface area contributed by atoms with E-state index in [2.05, 4.69) is 25.9 Å². The van der Waals surface area contributed by atoms with Crippen molar-refractivity contribution in [1.82, 2.24) is 9.97 Å². The number of halogens is 4. The predicted octanol–water partition coefficient (Wildman–Crippen LogP) is 2.91. The summed E-state index contributed by atoms with van der Waals surface area (Å²) in [6, 6.07) is 1.86. The Hall–Kier alpha value is -1.63. The molecule has 0 bridgehead atoms. The first-order valence-electron chi connectivity index (χ1n) is 4.42. The predicted molar refractivity (Wildman–Crippen MR) is 59.5 cm³/mol. The van der Waals surface area contributed by atoms with Gasteiger partial charge >= 0.3 is 0 Å². The molecule has 88 valence electrons. The Labute approximate surface area is 103 Å². The lowest BCUT2D eigenvalue weighted by Crippen LogP contribution is -2.01. The summed E-state index contributed by atoms with van der Waals surface area (Å²) in [5.41, 5.74) is 5.22. The number of nitrogens with two attached hydrogens (primary N) is 1. The van der Waals surface area contributed by atoms with Gasteiger partial charge in [0.25, 0.3) is 0 Å². The van der Waals surface area contributed by atoms with Crippen molar-refractivity contribution in [2.75, 3.05) is 5.73 Å². The van der Waals surface area contributed by atoms with E-state index < -0.39 is 17.5 Å². The average molecular weight is 304 g/mol. The Morgan fingerprint density at radius 2 is 1.82 bits per heavy atom. The highest BCUT2D eigenvalue weighted by Crippen LogP contribution is 2.28. The van der Waals surface area contributed by atoms with Crippen LogP contribution < -0.4 is 5.73 Å². The molecular weight excluding hydrogens is 299 g/mol. The SMILES string of the molecule is Nc1ncc(Br)nc1-c1ccc(F)c(F)c1F. The molecule has 0 aliphatic heterocycles. The summed E-state index contributed by atoms with van der Waals surface area (Å²) in [5.74, 6) is -4.25. The van der Waals surface area contributed by atoms with Gasteiger partial charge in [-0.1, -0.05) is 0 Å². The van der Waals surface area contributed by atoms with Gasteiger partial charge in [0, 0.05) is 5.56 Å². The summed E-state index contributed by atoms with van der Waals surface area (Å²) in [6.45, 7) is 0. The monoisotopic (exact) mass is 303 g/mol. The van der Waals surface area contributed by atoms with Crippen LogP contribution in [0.25, 0.3) is 11.3 Å². The third kappa shape index (κ3) is 2.10. The van der Waals surface area contributed by atoms with E-state index in [1.54, 1.807) is 0 Å². The average Bonchev–Trinajstić information content (AvgIpc) is 2.30. The van der Waals surface area contributed by atoms with Gasteiger partial charge in [-0.25, -0.2) is 23.1 Å². The molecule has 17 heavy (non-hydrogen) atoms. The minimum atomic E-state index is -1.57. The normalized spacial score (nSPS) is 10.6. The summed E-state index contributed by atoms with van der Waals surface area (Å²) in [7, 11) is 0. The van der Waals surface area contributed by atoms with Gasteiger partial charge in [0.15, 0.2) is 17.5 Å². The molecule has 0 unspecified atom stereocenters. The molecular formula is C10H5BrF3N3. The zero-order valence-electron chi connectivity index (χ0n) is 8.22. The van der Waals surface area contributed by atoms with Crippen LogP contribution in [0, 0.1) is 17.5 Å². The third-order valence-corrected chi connectivity index (χ3v) is 2.44. The van der Waals surface area contributed by atoms with Crippen molar-refractivity contribution in [3.63, 3.8) is 0 Å². The molecule has 0 aliphatic rings. The van der Waals surface area contributed by atoms with E-state index in [1.807, 2.05) is 0 Å². The van der Waals surface area contributed by atoms with E-state index in [0.29, 0.717) is 4.60 Å². The quantitative estimate of drug-likeness (QED) is 0.824. The number of anilines is 1. The first-order valence-corrected chi connectivity index (χ1v) is 5.22. The van der Waals surface area contributed by atoms with E-state index in [9.17, 15) is 13.2 Å². The molecule has 2 N–H and O–H groups in total. The summed E-state index contributed by atoms with van der Waals surface area (Å²) in [6.07, 6.45) is 1.32. The highest BCUT2D eigenvalue weighted by atomic mass is 79.9. The summed E-state index contributed by atoms with van der Waals surface area (Å²) < 4.78 is 39.6. The van der Waals surface area contributed by atoms with Crippen molar-refractivity contribution in [3.8, 4) is 11.3 Å². The van der Waals surface area contributed by atoms with E-state index in [4.69, 9.17) is 5.73 Å². The molecule has 1 aromatic heterocycles. The Kier molecular flexibility index (Phi) is 3.01. The summed E-state index contributed by atoms with van der Waals surface area (Å²) in [5, 5.41) is 0. The van der Waals surface area contributed by atoms with Crippen molar-refractivity contribution >= 4 is 21.7 Å². The van der Waals surface area contributed by atoms with Gasteiger partial charge < -0.3 is 5.73 Å². The number of nitrogens with zero attached hydrogens (tertiary/aromatic N) is 2. The van der Waals surface area contributed by atoms with Crippen molar-refractivity contribution in [3.05, 3.63) is 40.4 Å². The number of benzene rings is 1. The van der Waals surface area contributed by atoms with Crippen molar-refractivity contribution in [2.45, 2.75) is 0 Å². The Bertz CT molecular complexity index is 589. The number of hydrogen-bond acceptors (Lipinski definition) is 3. The van der Waals surface area contributed by atoms with E-state index in [1.165, 1.54) is 6.20 Å². The van der Waals surface area contributed by atoms with Crippen LogP contribution in [0.4, 0.5) is 19.0 Å². The number of rotatable bonds is 1. The summed E-state index contributed by atoms with van der Waals surface area (Å²) >= 11 is 3.03. The molecule has 2 rings (SSSR count). The maximum Gasteiger partial charge on any atom is 0.195 e. The molecule has 1 heterocycles. The van der Waals surface area contributed by atoms with Crippen molar-refractivity contribution in [1.29, 1.82) is 0 Å². The first-order chi connectivity index (χ1) is 8.00. The molecule has 7 heteroatoms. The molecule has 2 aromatic rings. The lowest BCUT2D eigenvalue weighted by atomic mass is 10.1. The smallest absolute Gasteiger partial charge is 0.195 e. The molecule has 0 amide bonds. The minimum absolute atomic E-state index is 0.0456. The molecule has 1 aromatic carbocycles. The topological polar surface area (TPSA) is 51.8 Å². The number of aromatic nitrogens is 2. The van der Waals surface area contributed by atoms with Gasteiger partial charge in [-0.05, 0) is 28.1 Å². The molecule has 0 spiro atoms. The van der Waals surface area contributed by atoms with E-state index in [0.717, 1.165) is 12.1 Å². The molecule has 0 radical (unpaired) electrons. The molecule has 3 nitrogen and oxygen atoms in total. The van der Waals surface area contributed by atoms with Gasteiger partial charge in [-0.3, -0.25) is 0 Å². The molecule has 0 atom stereocenters. The first kappa shape index (κ1) is 11.8. The Balaban J connectivity index is 2.69. The van der Waals surface area contributed by atoms with Gasteiger partial charge in [0.05, 0.1) is 6.20 Å². The third-order valence-electron chi connectivity index (χ3n) is 2.06. The second-order valence-corrected chi connectivity index (χ2v) is 3.96. The van der Waals surface area contributed by atoms with Crippen LogP contribution in [0.2, 0.25) is 0 Å². The molecule has 0 fully saturated rings. The van der Waals surface area contributed by atoms with Gasteiger partial charge in [0.1, 0.15) is 16.1 Å². The fraction of sp³-hybridized carbons (Fsp3) is 0. The molecule has 0 saturated heterocycles. The highest BCUT2D eigenvalue weighted by Gasteiger charge is 2.18. The standard InChI is InChI=1S/C10H5BrF3N3/c11-6-3-16-10(15)9(17-6)4-1-2-5(12)8(14)7(4)13/h1-3H,(H2,15,16). The highest BCUT2D eigenvalue weighted by molar-refractivity contribution is 9.10. The van der Waals surface area contributed by atoms with Crippen LogP contribution in [-0.4, -0.2) is 9.97 Å².